The van der Waals surface area contributed by atoms with Crippen LogP contribution in [0.3, 0.4) is 0 Å². The maximum absolute atomic E-state index is 10.2. The van der Waals surface area contributed by atoms with Crippen molar-refractivity contribution in [2.45, 2.75) is 0 Å². The largest absolute Gasteiger partial charge is 0.483 e. The molecule has 0 aromatic carbocycles. The van der Waals surface area contributed by atoms with E-state index in [2.05, 4.69) is 9.84 Å². The van der Waals surface area contributed by atoms with Crippen LogP contribution in [-0.4, -0.2) is 27.2 Å². The van der Waals surface area contributed by atoms with Crippen molar-refractivity contribution in [2.24, 2.45) is 0 Å². The van der Waals surface area contributed by atoms with Crippen LogP contribution in [0.5, 0.6) is 5.75 Å². The van der Waals surface area contributed by atoms with Crippen LogP contribution in [0.1, 0.15) is 0 Å². The lowest BCUT2D eigenvalue weighted by molar-refractivity contribution is -0.395. The highest BCUT2D eigenvalue weighted by atomic mass is 16.6. The summed E-state index contributed by atoms with van der Waals surface area (Å²) in [4.78, 5) is 18.8. The molecule has 1 heterocycles. The summed E-state index contributed by atoms with van der Waals surface area (Å²) < 4.78 is 4.46. The zero-order valence-electron chi connectivity index (χ0n) is 6.38. The topological polar surface area (TPSA) is 124 Å². The molecule has 1 aromatic rings. The molecule has 0 bridgehead atoms. The Bertz CT molecular complexity index is 326. The van der Waals surface area contributed by atoms with Gasteiger partial charge in [0, 0.05) is 0 Å². The van der Waals surface area contributed by atoms with Crippen molar-refractivity contribution in [1.29, 1.82) is 0 Å². The number of nitrogens with one attached hydrogen (secondary N) is 1. The Morgan fingerprint density at radius 3 is 2.38 bits per heavy atom. The molecule has 1 aromatic heterocycles. The van der Waals surface area contributed by atoms with E-state index in [1.807, 2.05) is 5.10 Å². The number of H-pyrrole nitrogens is 1. The second-order valence-electron chi connectivity index (χ2n) is 1.94. The molecule has 0 amide bonds. The maximum Gasteiger partial charge on any atom is 0.462 e. The van der Waals surface area contributed by atoms with Gasteiger partial charge in [-0.05, 0) is 14.9 Å². The molecule has 9 heteroatoms. The van der Waals surface area contributed by atoms with Gasteiger partial charge in [0.15, 0.2) is 5.10 Å². The molecule has 13 heavy (non-hydrogen) atoms. The lowest BCUT2D eigenvalue weighted by atomic mass is 10.5. The Kier molecular flexibility index (Phi) is 2.09. The maximum atomic E-state index is 10.2. The highest BCUT2D eigenvalue weighted by molar-refractivity contribution is 5.51. The molecule has 0 aliphatic heterocycles. The van der Waals surface area contributed by atoms with E-state index in [9.17, 15) is 20.2 Å². The molecule has 0 aliphatic carbocycles. The van der Waals surface area contributed by atoms with E-state index in [0.717, 1.165) is 7.11 Å². The number of methoxy groups -OCH3 is 1. The van der Waals surface area contributed by atoms with E-state index in [0.29, 0.717) is 0 Å². The van der Waals surface area contributed by atoms with Crippen molar-refractivity contribution >= 4 is 11.6 Å². The Morgan fingerprint density at radius 1 is 1.38 bits per heavy atom. The van der Waals surface area contributed by atoms with Crippen LogP contribution in [0.4, 0.5) is 11.6 Å². The fourth-order valence-electron chi connectivity index (χ4n) is 0.749. The van der Waals surface area contributed by atoms with Crippen molar-refractivity contribution in [1.82, 2.24) is 10.2 Å². The van der Waals surface area contributed by atoms with Crippen LogP contribution in [0.15, 0.2) is 0 Å². The van der Waals surface area contributed by atoms with Gasteiger partial charge in [0.1, 0.15) is 0 Å². The van der Waals surface area contributed by atoms with Gasteiger partial charge in [-0.2, -0.15) is 0 Å². The zero-order valence-corrected chi connectivity index (χ0v) is 6.38. The van der Waals surface area contributed by atoms with Gasteiger partial charge in [0.2, 0.25) is 0 Å². The monoisotopic (exact) mass is 188 g/mol. The predicted molar refractivity (Wildman–Crippen MR) is 38.4 cm³/mol. The molecule has 0 fully saturated rings. The average molecular weight is 188 g/mol. The fourth-order valence-corrected chi connectivity index (χ4v) is 0.749. The van der Waals surface area contributed by atoms with Crippen molar-refractivity contribution in [2.75, 3.05) is 7.11 Å². The highest BCUT2D eigenvalue weighted by Crippen LogP contribution is 2.32. The number of hydrogen-bond acceptors (Lipinski definition) is 6. The van der Waals surface area contributed by atoms with E-state index in [1.54, 1.807) is 0 Å². The zero-order chi connectivity index (χ0) is 10.0. The molecule has 0 aliphatic rings. The standard InChI is InChI=1S/C4H4N4O5/c1-13-2-3(7(9)10)5-6-4(2)8(11)12/h1H3,(H,5,6). The minimum atomic E-state index is -0.873. The third-order valence-corrected chi connectivity index (χ3v) is 1.25. The van der Waals surface area contributed by atoms with E-state index in [1.165, 1.54) is 0 Å². The second kappa shape index (κ2) is 3.05. The first-order valence-electron chi connectivity index (χ1n) is 2.99. The minimum absolute atomic E-state index is 0.477. The van der Waals surface area contributed by atoms with Crippen molar-refractivity contribution in [3.05, 3.63) is 20.2 Å². The summed E-state index contributed by atoms with van der Waals surface area (Å²) in [5.74, 6) is -1.81. The number of aromatic amines is 1. The third-order valence-electron chi connectivity index (χ3n) is 1.25. The Morgan fingerprint density at radius 2 is 2.00 bits per heavy atom. The molecule has 0 saturated heterocycles. The molecule has 9 nitrogen and oxygen atoms in total. The molecule has 0 spiro atoms. The Balaban J connectivity index is 3.26. The number of hydrogen-bond donors (Lipinski definition) is 1. The van der Waals surface area contributed by atoms with Gasteiger partial charge in [-0.3, -0.25) is 0 Å². The molecule has 0 radical (unpaired) electrons. The van der Waals surface area contributed by atoms with E-state index in [4.69, 9.17) is 0 Å². The van der Waals surface area contributed by atoms with Gasteiger partial charge in [0.25, 0.3) is 0 Å². The van der Waals surface area contributed by atoms with Crippen LogP contribution < -0.4 is 4.74 Å². The molecule has 70 valence electrons. The number of rotatable bonds is 3. The quantitative estimate of drug-likeness (QED) is 0.534. The van der Waals surface area contributed by atoms with Crippen LogP contribution >= 0.6 is 0 Å². The van der Waals surface area contributed by atoms with Gasteiger partial charge in [0.05, 0.1) is 7.11 Å². The smallest absolute Gasteiger partial charge is 0.462 e. The normalized spacial score (nSPS) is 9.62. The first-order chi connectivity index (χ1) is 6.07. The molecule has 0 saturated carbocycles. The number of aromatic nitrogens is 2. The van der Waals surface area contributed by atoms with Crippen molar-refractivity contribution in [3.8, 4) is 5.75 Å². The molecule has 1 N–H and O–H groups in total. The van der Waals surface area contributed by atoms with E-state index in [-0.39, 0.29) is 0 Å². The average Bonchev–Trinajstić information content (AvgIpc) is 2.46. The van der Waals surface area contributed by atoms with Gasteiger partial charge < -0.3 is 25.0 Å². The Hall–Kier alpha value is -2.19. The predicted octanol–water partition coefficient (Wildman–Crippen LogP) is 0.235. The summed E-state index contributed by atoms with van der Waals surface area (Å²) in [5.41, 5.74) is 0. The van der Waals surface area contributed by atoms with Gasteiger partial charge in [-0.1, -0.05) is 0 Å². The summed E-state index contributed by atoms with van der Waals surface area (Å²) in [5, 5.41) is 25.5. The van der Waals surface area contributed by atoms with E-state index >= 15 is 0 Å². The molecule has 1 rings (SSSR count). The van der Waals surface area contributed by atoms with E-state index < -0.39 is 27.2 Å². The summed E-state index contributed by atoms with van der Waals surface area (Å²) >= 11 is 0. The minimum Gasteiger partial charge on any atom is -0.483 e. The molecule has 0 unspecified atom stereocenters. The first kappa shape index (κ1) is 8.90. The SMILES string of the molecule is COc1c([N+](=O)[O-])n[nH]c1[N+](=O)[O-]. The van der Waals surface area contributed by atoms with Crippen LogP contribution in [0.2, 0.25) is 0 Å². The van der Waals surface area contributed by atoms with Gasteiger partial charge >= 0.3 is 17.4 Å². The summed E-state index contributed by atoms with van der Waals surface area (Å²) in [7, 11) is 1.09. The lowest BCUT2D eigenvalue weighted by Crippen LogP contribution is -1.94. The summed E-state index contributed by atoms with van der Waals surface area (Å²) in [6.07, 6.45) is 0. The van der Waals surface area contributed by atoms with Crippen molar-refractivity contribution in [3.63, 3.8) is 0 Å². The van der Waals surface area contributed by atoms with Gasteiger partial charge in [-0.25, -0.2) is 0 Å². The van der Waals surface area contributed by atoms with Crippen molar-refractivity contribution < 1.29 is 14.6 Å². The molecular weight excluding hydrogens is 184 g/mol. The fraction of sp³-hybridized carbons (Fsp3) is 0.250. The third kappa shape index (κ3) is 1.38. The summed E-state index contributed by atoms with van der Waals surface area (Å²) in [6, 6.07) is 0. The second-order valence-corrected chi connectivity index (χ2v) is 1.94. The number of nitrogens with zero attached hydrogens (tertiary/aromatic N) is 3. The number of ether oxygens (including phenoxy) is 1. The molecular formula is C4H4N4O5. The first-order valence-corrected chi connectivity index (χ1v) is 2.99. The number of nitro groups is 2. The molecule has 0 atom stereocenters. The lowest BCUT2D eigenvalue weighted by Gasteiger charge is -1.94. The van der Waals surface area contributed by atoms with Crippen LogP contribution in [0, 0.1) is 20.2 Å². The van der Waals surface area contributed by atoms with Gasteiger partial charge in [-0.15, -0.1) is 0 Å². The van der Waals surface area contributed by atoms with Crippen LogP contribution in [-0.2, 0) is 0 Å². The summed E-state index contributed by atoms with van der Waals surface area (Å²) in [6.45, 7) is 0. The van der Waals surface area contributed by atoms with Crippen LogP contribution in [0.25, 0.3) is 0 Å². The highest BCUT2D eigenvalue weighted by Gasteiger charge is 2.32. The Labute approximate surface area is 70.6 Å².